The van der Waals surface area contributed by atoms with Crippen molar-refractivity contribution < 1.29 is 13.2 Å². The van der Waals surface area contributed by atoms with Crippen LogP contribution in [0.4, 0.5) is 13.2 Å². The van der Waals surface area contributed by atoms with E-state index in [0.717, 1.165) is 0 Å². The third-order valence-corrected chi connectivity index (χ3v) is 1.19. The van der Waals surface area contributed by atoms with Gasteiger partial charge in [0, 0.05) is 12.8 Å². The molecule has 0 aliphatic heterocycles. The van der Waals surface area contributed by atoms with E-state index in [9.17, 15) is 13.2 Å². The minimum absolute atomic E-state index is 0.0269. The summed E-state index contributed by atoms with van der Waals surface area (Å²) in [5, 5.41) is 0. The third kappa shape index (κ3) is 4.30. The molecule has 0 aromatic carbocycles. The molecule has 0 unspecified atom stereocenters. The van der Waals surface area contributed by atoms with Gasteiger partial charge in [0.2, 0.25) is 5.92 Å². The largest absolute Gasteiger partial charge is 0.251 e. The number of hydrogen-bond acceptors (Lipinski definition) is 0. The molecule has 0 fully saturated rings. The maximum atomic E-state index is 12.2. The average Bonchev–Trinajstić information content (AvgIpc) is 1.84. The highest BCUT2D eigenvalue weighted by molar-refractivity contribution is 4.62. The lowest BCUT2D eigenvalue weighted by molar-refractivity contribution is -0.0145. The van der Waals surface area contributed by atoms with E-state index in [4.69, 9.17) is 0 Å². The highest BCUT2D eigenvalue weighted by Gasteiger charge is 2.24. The monoisotopic (exact) mass is 140 g/mol. The molecular formula is C6H11F3. The van der Waals surface area contributed by atoms with E-state index >= 15 is 0 Å². The Kier molecular flexibility index (Phi) is 3.66. The first-order valence-electron chi connectivity index (χ1n) is 3.06. The molecule has 0 bridgehead atoms. The molecule has 0 heterocycles. The summed E-state index contributed by atoms with van der Waals surface area (Å²) in [7, 11) is 0. The van der Waals surface area contributed by atoms with Gasteiger partial charge >= 0.3 is 0 Å². The SMILES string of the molecule is CCC(F)(F)CCCF. The number of rotatable bonds is 4. The second kappa shape index (κ2) is 3.75. The third-order valence-electron chi connectivity index (χ3n) is 1.19. The fourth-order valence-electron chi connectivity index (χ4n) is 0.502. The molecule has 0 saturated heterocycles. The second-order valence-electron chi connectivity index (χ2n) is 2.00. The predicted molar refractivity (Wildman–Crippen MR) is 30.4 cm³/mol. The van der Waals surface area contributed by atoms with Gasteiger partial charge in [-0.2, -0.15) is 0 Å². The van der Waals surface area contributed by atoms with Gasteiger partial charge in [0.05, 0.1) is 6.67 Å². The molecule has 0 N–H and O–H groups in total. The molecule has 0 aromatic heterocycles. The van der Waals surface area contributed by atoms with Crippen molar-refractivity contribution in [2.45, 2.75) is 32.1 Å². The Balaban J connectivity index is 3.33. The van der Waals surface area contributed by atoms with Crippen LogP contribution in [0.5, 0.6) is 0 Å². The summed E-state index contributed by atoms with van der Waals surface area (Å²) in [6.07, 6.45) is -0.534. The minimum atomic E-state index is -2.65. The zero-order chi connectivity index (χ0) is 7.33. The van der Waals surface area contributed by atoms with Crippen molar-refractivity contribution in [3.63, 3.8) is 0 Å². The van der Waals surface area contributed by atoms with Gasteiger partial charge in [0.15, 0.2) is 0 Å². The molecule has 3 heteroatoms. The van der Waals surface area contributed by atoms with Crippen LogP contribution in [0, 0.1) is 0 Å². The van der Waals surface area contributed by atoms with Crippen LogP contribution in [-0.4, -0.2) is 12.6 Å². The zero-order valence-electron chi connectivity index (χ0n) is 5.46. The standard InChI is InChI=1S/C6H11F3/c1-2-6(8,9)4-3-5-7/h2-5H2,1H3. The lowest BCUT2D eigenvalue weighted by Crippen LogP contribution is -2.13. The van der Waals surface area contributed by atoms with Crippen LogP contribution < -0.4 is 0 Å². The van der Waals surface area contributed by atoms with E-state index in [1.165, 1.54) is 6.92 Å². The van der Waals surface area contributed by atoms with Crippen molar-refractivity contribution >= 4 is 0 Å². The van der Waals surface area contributed by atoms with E-state index in [1.807, 2.05) is 0 Å². The topological polar surface area (TPSA) is 0 Å². The number of alkyl halides is 3. The van der Waals surface area contributed by atoms with Crippen LogP contribution >= 0.6 is 0 Å². The van der Waals surface area contributed by atoms with Gasteiger partial charge in [-0.05, 0) is 6.42 Å². The van der Waals surface area contributed by atoms with Crippen LogP contribution in [0.2, 0.25) is 0 Å². The van der Waals surface area contributed by atoms with Gasteiger partial charge < -0.3 is 0 Å². The predicted octanol–water partition coefficient (Wildman–Crippen LogP) is 2.78. The Hall–Kier alpha value is -0.210. The minimum Gasteiger partial charge on any atom is -0.251 e. The van der Waals surface area contributed by atoms with E-state index in [1.54, 1.807) is 0 Å². The molecule has 0 aromatic rings. The second-order valence-corrected chi connectivity index (χ2v) is 2.00. The van der Waals surface area contributed by atoms with Crippen LogP contribution in [0.15, 0.2) is 0 Å². The van der Waals surface area contributed by atoms with Crippen molar-refractivity contribution in [1.29, 1.82) is 0 Å². The van der Waals surface area contributed by atoms with Crippen LogP contribution in [-0.2, 0) is 0 Å². The molecule has 0 spiro atoms. The van der Waals surface area contributed by atoms with Gasteiger partial charge in [-0.15, -0.1) is 0 Å². The van der Waals surface area contributed by atoms with Crippen molar-refractivity contribution in [1.82, 2.24) is 0 Å². The average molecular weight is 140 g/mol. The molecule has 0 rings (SSSR count). The highest BCUT2D eigenvalue weighted by atomic mass is 19.3. The van der Waals surface area contributed by atoms with Crippen LogP contribution in [0.25, 0.3) is 0 Å². The first kappa shape index (κ1) is 8.79. The molecule has 0 saturated carbocycles. The van der Waals surface area contributed by atoms with Gasteiger partial charge in [0.25, 0.3) is 0 Å². The molecular weight excluding hydrogens is 129 g/mol. The highest BCUT2D eigenvalue weighted by Crippen LogP contribution is 2.23. The Bertz CT molecular complexity index is 70.7. The summed E-state index contributed by atoms with van der Waals surface area (Å²) in [6.45, 7) is 0.758. The van der Waals surface area contributed by atoms with E-state index in [0.29, 0.717) is 0 Å². The van der Waals surface area contributed by atoms with Crippen molar-refractivity contribution in [3.05, 3.63) is 0 Å². The summed E-state index contributed by atoms with van der Waals surface area (Å²) in [5.74, 6) is -2.65. The van der Waals surface area contributed by atoms with Crippen molar-refractivity contribution in [2.24, 2.45) is 0 Å². The Morgan fingerprint density at radius 1 is 1.33 bits per heavy atom. The summed E-state index contributed by atoms with van der Waals surface area (Å²) in [4.78, 5) is 0. The van der Waals surface area contributed by atoms with Crippen LogP contribution in [0.1, 0.15) is 26.2 Å². The van der Waals surface area contributed by atoms with Crippen molar-refractivity contribution in [3.8, 4) is 0 Å². The van der Waals surface area contributed by atoms with E-state index < -0.39 is 12.6 Å². The number of halogens is 3. The van der Waals surface area contributed by atoms with E-state index in [2.05, 4.69) is 0 Å². The summed E-state index contributed by atoms with van der Waals surface area (Å²) < 4.78 is 35.7. The fourth-order valence-corrected chi connectivity index (χ4v) is 0.502. The lowest BCUT2D eigenvalue weighted by Gasteiger charge is -2.11. The van der Waals surface area contributed by atoms with Crippen LogP contribution in [0.3, 0.4) is 0 Å². The molecule has 0 amide bonds. The molecule has 0 aliphatic rings. The first-order valence-corrected chi connectivity index (χ1v) is 3.06. The molecule has 0 nitrogen and oxygen atoms in total. The molecule has 0 radical (unpaired) electrons. The molecule has 9 heavy (non-hydrogen) atoms. The number of hydrogen-bond donors (Lipinski definition) is 0. The van der Waals surface area contributed by atoms with Gasteiger partial charge in [0.1, 0.15) is 0 Å². The molecule has 56 valence electrons. The van der Waals surface area contributed by atoms with Gasteiger partial charge in [-0.25, -0.2) is 8.78 Å². The van der Waals surface area contributed by atoms with Crippen molar-refractivity contribution in [2.75, 3.05) is 6.67 Å². The molecule has 0 aliphatic carbocycles. The fraction of sp³-hybridized carbons (Fsp3) is 1.00. The maximum Gasteiger partial charge on any atom is 0.248 e. The summed E-state index contributed by atoms with van der Waals surface area (Å²) >= 11 is 0. The summed E-state index contributed by atoms with van der Waals surface area (Å²) in [6, 6.07) is 0. The normalized spacial score (nSPS) is 12.0. The van der Waals surface area contributed by atoms with E-state index in [-0.39, 0.29) is 19.3 Å². The quantitative estimate of drug-likeness (QED) is 0.563. The first-order chi connectivity index (χ1) is 4.12. The maximum absolute atomic E-state index is 12.2. The Morgan fingerprint density at radius 3 is 2.22 bits per heavy atom. The molecule has 0 atom stereocenters. The summed E-state index contributed by atoms with van der Waals surface area (Å²) in [5.41, 5.74) is 0. The van der Waals surface area contributed by atoms with Gasteiger partial charge in [-0.1, -0.05) is 6.92 Å². The smallest absolute Gasteiger partial charge is 0.248 e. The Morgan fingerprint density at radius 2 is 1.89 bits per heavy atom. The van der Waals surface area contributed by atoms with Gasteiger partial charge in [-0.3, -0.25) is 4.39 Å². The Labute approximate surface area is 53.1 Å². The zero-order valence-corrected chi connectivity index (χ0v) is 5.46. The lowest BCUT2D eigenvalue weighted by atomic mass is 10.1.